The van der Waals surface area contributed by atoms with Crippen molar-refractivity contribution in [3.8, 4) is 22.6 Å². The van der Waals surface area contributed by atoms with Gasteiger partial charge in [-0.3, -0.25) is 0 Å². The Hall–Kier alpha value is -4.21. The van der Waals surface area contributed by atoms with Gasteiger partial charge in [-0.15, -0.1) is 0 Å². The number of carboxylic acids is 1. The minimum absolute atomic E-state index is 0.0774. The number of aliphatic carboxylic acids is 1. The summed E-state index contributed by atoms with van der Waals surface area (Å²) >= 11 is 0. The van der Waals surface area contributed by atoms with E-state index < -0.39 is 36.1 Å². The third-order valence-electron chi connectivity index (χ3n) is 7.76. The fraction of sp³-hybridized carbons (Fsp3) is 0.343. The van der Waals surface area contributed by atoms with E-state index >= 15 is 0 Å². The van der Waals surface area contributed by atoms with Gasteiger partial charge in [-0.2, -0.15) is 26.3 Å². The summed E-state index contributed by atoms with van der Waals surface area (Å²) in [6.45, 7) is 11.9. The van der Waals surface area contributed by atoms with Crippen molar-refractivity contribution in [2.45, 2.75) is 72.5 Å². The molecule has 1 N–H and O–H groups in total. The van der Waals surface area contributed by atoms with Crippen molar-refractivity contribution in [1.29, 1.82) is 0 Å². The normalized spacial score (nSPS) is 17.3. The number of rotatable bonds is 4. The van der Waals surface area contributed by atoms with Gasteiger partial charge in [0.1, 0.15) is 11.5 Å². The Morgan fingerprint density at radius 1 is 0.822 bits per heavy atom. The molecule has 3 aromatic rings. The predicted molar refractivity (Wildman–Crippen MR) is 161 cm³/mol. The predicted octanol–water partition coefficient (Wildman–Crippen LogP) is 9.60. The maximum Gasteiger partial charge on any atom is 0.430 e. The van der Waals surface area contributed by atoms with Gasteiger partial charge in [0.2, 0.25) is 12.2 Å². The largest absolute Gasteiger partial charge is 0.478 e. The van der Waals surface area contributed by atoms with Crippen LogP contribution in [0, 0.1) is 33.6 Å². The van der Waals surface area contributed by atoms with Crippen LogP contribution in [0.3, 0.4) is 0 Å². The van der Waals surface area contributed by atoms with Gasteiger partial charge in [0.05, 0.1) is 5.57 Å². The number of ether oxygens (including phenoxy) is 2. The van der Waals surface area contributed by atoms with E-state index in [1.54, 1.807) is 18.2 Å². The lowest BCUT2D eigenvalue weighted by Gasteiger charge is -2.28. The SMILES string of the molecule is Cc1cc2c(cc1-c1cccc(C)c1C)OC(C(F)(F)F)C=C2.Cc1cc2c(cc1CC(C)C)OC(C(F)(F)F)C(C(=O)O)=C2. The first-order chi connectivity index (χ1) is 20.9. The first-order valence-electron chi connectivity index (χ1n) is 14.3. The van der Waals surface area contributed by atoms with E-state index in [0.29, 0.717) is 23.5 Å². The van der Waals surface area contributed by atoms with E-state index in [0.717, 1.165) is 51.1 Å². The molecule has 0 bridgehead atoms. The Bertz CT molecular complexity index is 1660. The third-order valence-corrected chi connectivity index (χ3v) is 7.76. The average Bonchev–Trinajstić information content (AvgIpc) is 2.93. The number of hydrogen-bond donors (Lipinski definition) is 1. The summed E-state index contributed by atoms with van der Waals surface area (Å²) in [4.78, 5) is 11.1. The van der Waals surface area contributed by atoms with Crippen LogP contribution in [0.15, 0.2) is 54.1 Å². The summed E-state index contributed by atoms with van der Waals surface area (Å²) in [5, 5.41) is 8.99. The van der Waals surface area contributed by atoms with Gasteiger partial charge in [0.15, 0.2) is 0 Å². The van der Waals surface area contributed by atoms with E-state index in [1.165, 1.54) is 6.08 Å². The van der Waals surface area contributed by atoms with Gasteiger partial charge in [0.25, 0.3) is 0 Å². The Labute approximate surface area is 258 Å². The molecule has 2 unspecified atom stereocenters. The second-order valence-electron chi connectivity index (χ2n) is 11.8. The zero-order valence-corrected chi connectivity index (χ0v) is 25.7. The van der Waals surface area contributed by atoms with Crippen LogP contribution in [0.4, 0.5) is 26.3 Å². The Balaban J connectivity index is 0.000000205. The van der Waals surface area contributed by atoms with Crippen LogP contribution in [0.5, 0.6) is 11.5 Å². The summed E-state index contributed by atoms with van der Waals surface area (Å²) in [6, 6.07) is 12.8. The molecule has 0 aliphatic carbocycles. The lowest BCUT2D eigenvalue weighted by atomic mass is 9.92. The highest BCUT2D eigenvalue weighted by atomic mass is 19.4. The summed E-state index contributed by atoms with van der Waals surface area (Å²) in [7, 11) is 0. The number of aryl methyl sites for hydroxylation is 3. The Morgan fingerprint density at radius 2 is 1.47 bits per heavy atom. The van der Waals surface area contributed by atoms with E-state index in [9.17, 15) is 31.1 Å². The number of carbonyl (C=O) groups is 1. The molecule has 0 saturated carbocycles. The number of fused-ring (bicyclic) bond motifs is 2. The van der Waals surface area contributed by atoms with Crippen LogP contribution in [-0.4, -0.2) is 35.6 Å². The van der Waals surface area contributed by atoms with Crippen molar-refractivity contribution in [2.24, 2.45) is 5.92 Å². The van der Waals surface area contributed by atoms with Gasteiger partial charge >= 0.3 is 18.3 Å². The van der Waals surface area contributed by atoms with E-state index in [-0.39, 0.29) is 11.5 Å². The first kappa shape index (κ1) is 33.7. The van der Waals surface area contributed by atoms with Crippen molar-refractivity contribution in [3.05, 3.63) is 93.1 Å². The molecule has 45 heavy (non-hydrogen) atoms. The van der Waals surface area contributed by atoms with Crippen LogP contribution in [0.2, 0.25) is 0 Å². The molecule has 2 heterocycles. The van der Waals surface area contributed by atoms with E-state index in [1.807, 2.05) is 65.8 Å². The molecular formula is C35H34F6O4. The molecule has 0 aromatic heterocycles. The van der Waals surface area contributed by atoms with Crippen LogP contribution in [0.25, 0.3) is 23.3 Å². The zero-order chi connectivity index (χ0) is 33.4. The summed E-state index contributed by atoms with van der Waals surface area (Å²) in [5.41, 5.74) is 7.26. The van der Waals surface area contributed by atoms with Gasteiger partial charge in [-0.05, 0) is 115 Å². The highest BCUT2D eigenvalue weighted by Gasteiger charge is 2.48. The van der Waals surface area contributed by atoms with Gasteiger partial charge < -0.3 is 14.6 Å². The quantitative estimate of drug-likeness (QED) is 0.291. The number of carboxylic acid groups (broad SMARTS) is 1. The van der Waals surface area contributed by atoms with Crippen molar-refractivity contribution in [3.63, 3.8) is 0 Å². The van der Waals surface area contributed by atoms with Gasteiger partial charge in [-0.1, -0.05) is 38.1 Å². The highest BCUT2D eigenvalue weighted by Crippen LogP contribution is 2.40. The van der Waals surface area contributed by atoms with E-state index in [4.69, 9.17) is 14.6 Å². The van der Waals surface area contributed by atoms with Gasteiger partial charge in [0, 0.05) is 11.1 Å². The Morgan fingerprint density at radius 3 is 2.07 bits per heavy atom. The molecule has 2 aliphatic rings. The monoisotopic (exact) mass is 632 g/mol. The smallest absolute Gasteiger partial charge is 0.430 e. The fourth-order valence-corrected chi connectivity index (χ4v) is 5.30. The van der Waals surface area contributed by atoms with Crippen molar-refractivity contribution >= 4 is 18.1 Å². The van der Waals surface area contributed by atoms with Gasteiger partial charge in [-0.25, -0.2) is 4.79 Å². The molecule has 2 aliphatic heterocycles. The molecule has 3 aromatic carbocycles. The lowest BCUT2D eigenvalue weighted by molar-refractivity contribution is -0.187. The van der Waals surface area contributed by atoms with Crippen LogP contribution >= 0.6 is 0 Å². The summed E-state index contributed by atoms with van der Waals surface area (Å²) < 4.78 is 87.8. The second kappa shape index (κ2) is 12.7. The molecule has 0 amide bonds. The number of alkyl halides is 6. The molecule has 10 heteroatoms. The number of halogens is 6. The maximum atomic E-state index is 13.0. The average molecular weight is 633 g/mol. The highest BCUT2D eigenvalue weighted by molar-refractivity contribution is 5.95. The van der Waals surface area contributed by atoms with Crippen molar-refractivity contribution in [2.75, 3.05) is 0 Å². The van der Waals surface area contributed by atoms with Crippen LogP contribution in [-0.2, 0) is 11.2 Å². The Kier molecular flexibility index (Phi) is 9.47. The minimum Gasteiger partial charge on any atom is -0.478 e. The molecule has 5 rings (SSSR count). The summed E-state index contributed by atoms with van der Waals surface area (Å²) in [6.07, 6.45) is -9.20. The molecule has 4 nitrogen and oxygen atoms in total. The maximum absolute atomic E-state index is 13.0. The number of hydrogen-bond acceptors (Lipinski definition) is 3. The molecule has 0 saturated heterocycles. The first-order valence-corrected chi connectivity index (χ1v) is 14.3. The third kappa shape index (κ3) is 7.54. The molecule has 0 radical (unpaired) electrons. The molecule has 240 valence electrons. The van der Waals surface area contributed by atoms with E-state index in [2.05, 4.69) is 0 Å². The number of benzene rings is 3. The molecule has 2 atom stereocenters. The zero-order valence-electron chi connectivity index (χ0n) is 25.7. The second-order valence-corrected chi connectivity index (χ2v) is 11.8. The van der Waals surface area contributed by atoms with Crippen LogP contribution in [0.1, 0.15) is 52.8 Å². The summed E-state index contributed by atoms with van der Waals surface area (Å²) in [5.74, 6) is -0.925. The molecule has 0 fully saturated rings. The topological polar surface area (TPSA) is 55.8 Å². The lowest BCUT2D eigenvalue weighted by Crippen LogP contribution is -2.40. The fourth-order valence-electron chi connectivity index (χ4n) is 5.30. The van der Waals surface area contributed by atoms with Crippen molar-refractivity contribution in [1.82, 2.24) is 0 Å². The van der Waals surface area contributed by atoms with Crippen molar-refractivity contribution < 1.29 is 45.7 Å². The van der Waals surface area contributed by atoms with Crippen LogP contribution < -0.4 is 9.47 Å². The minimum atomic E-state index is -4.77. The molecular weight excluding hydrogens is 598 g/mol. The standard InChI is InChI=1S/C19H17F3O.C16H17F3O3/c1-11-5-4-6-15(13(11)3)16-10-17-14(9-12(16)2)7-8-18(23-17)19(20,21)22;1-8(2)4-10-7-13-11(5-9(10)3)6-12(15(20)21)14(22-13)16(17,18)19/h4-10,18H,1-3H3;5-8,14H,4H2,1-3H3,(H,20,21). The molecule has 0 spiro atoms.